The molecule has 0 radical (unpaired) electrons. The molecule has 0 aliphatic carbocycles. The van der Waals surface area contributed by atoms with E-state index in [1.807, 2.05) is 0 Å². The summed E-state index contributed by atoms with van der Waals surface area (Å²) in [5.41, 5.74) is 0. The first-order chi connectivity index (χ1) is 5.84. The third-order valence-electron chi connectivity index (χ3n) is 1.42. The zero-order valence-electron chi connectivity index (χ0n) is 7.00. The molecule has 3 nitrogen and oxygen atoms in total. The van der Waals surface area contributed by atoms with Crippen molar-refractivity contribution in [1.29, 1.82) is 0 Å². The Morgan fingerprint density at radius 1 is 1.54 bits per heavy atom. The highest BCUT2D eigenvalue weighted by Crippen LogP contribution is 2.31. The van der Waals surface area contributed by atoms with E-state index in [4.69, 9.17) is 11.6 Å². The number of hydrogen-bond donors (Lipinski definition) is 0. The van der Waals surface area contributed by atoms with Crippen LogP contribution in [-0.4, -0.2) is 20.5 Å². The van der Waals surface area contributed by atoms with Gasteiger partial charge in [-0.3, -0.25) is 4.79 Å². The van der Waals surface area contributed by atoms with Crippen molar-refractivity contribution >= 4 is 38.6 Å². The summed E-state index contributed by atoms with van der Waals surface area (Å²) in [6, 6.07) is 0. The van der Waals surface area contributed by atoms with E-state index in [0.29, 0.717) is 4.88 Å². The van der Waals surface area contributed by atoms with E-state index < -0.39 is 9.84 Å². The van der Waals surface area contributed by atoms with Gasteiger partial charge in [0.15, 0.2) is 15.6 Å². The van der Waals surface area contributed by atoms with Gasteiger partial charge in [-0.05, 0) is 0 Å². The topological polar surface area (TPSA) is 51.2 Å². The lowest BCUT2D eigenvalue weighted by Gasteiger charge is -1.94. The minimum Gasteiger partial charge on any atom is -0.294 e. The standard InChI is InChI=1S/C7H7ClO3S2/c1-4(9)7-6(8)5(3-12-7)13(2,10)11/h3H,1-2H3. The number of rotatable bonds is 2. The Hall–Kier alpha value is -0.390. The molecule has 1 aromatic rings. The molecule has 1 rings (SSSR count). The number of sulfone groups is 1. The van der Waals surface area contributed by atoms with Crippen LogP contribution in [0, 0.1) is 0 Å². The van der Waals surface area contributed by atoms with Crippen LogP contribution in [-0.2, 0) is 9.84 Å². The molecule has 0 saturated heterocycles. The highest BCUT2D eigenvalue weighted by Gasteiger charge is 2.19. The fourth-order valence-electron chi connectivity index (χ4n) is 0.816. The number of ketones is 1. The smallest absolute Gasteiger partial charge is 0.177 e. The summed E-state index contributed by atoms with van der Waals surface area (Å²) in [5, 5.41) is 1.43. The van der Waals surface area contributed by atoms with Gasteiger partial charge in [-0.15, -0.1) is 11.3 Å². The molecule has 0 spiro atoms. The van der Waals surface area contributed by atoms with Crippen molar-refractivity contribution in [2.24, 2.45) is 0 Å². The summed E-state index contributed by atoms with van der Waals surface area (Å²) in [6.45, 7) is 1.35. The molecule has 72 valence electrons. The SMILES string of the molecule is CC(=O)c1scc(S(C)(=O)=O)c1Cl. The summed E-state index contributed by atoms with van der Waals surface area (Å²) < 4.78 is 22.2. The van der Waals surface area contributed by atoms with Gasteiger partial charge in [0.05, 0.1) is 14.8 Å². The Morgan fingerprint density at radius 2 is 2.08 bits per heavy atom. The molecule has 0 aliphatic rings. The van der Waals surface area contributed by atoms with Crippen LogP contribution in [0.3, 0.4) is 0 Å². The minimum atomic E-state index is -3.32. The second-order valence-electron chi connectivity index (χ2n) is 2.57. The summed E-state index contributed by atoms with van der Waals surface area (Å²) in [5.74, 6) is -0.218. The number of halogens is 1. The molecular weight excluding hydrogens is 232 g/mol. The van der Waals surface area contributed by atoms with Gasteiger partial charge in [0, 0.05) is 18.6 Å². The number of carbonyl (C=O) groups excluding carboxylic acids is 1. The zero-order chi connectivity index (χ0) is 10.2. The predicted octanol–water partition coefficient (Wildman–Crippen LogP) is 2.01. The van der Waals surface area contributed by atoms with Crippen LogP contribution in [0.15, 0.2) is 10.3 Å². The second-order valence-corrected chi connectivity index (χ2v) is 5.81. The minimum absolute atomic E-state index is 0.0318. The van der Waals surface area contributed by atoms with Crippen molar-refractivity contribution in [3.63, 3.8) is 0 Å². The molecule has 0 bridgehead atoms. The van der Waals surface area contributed by atoms with Crippen LogP contribution >= 0.6 is 22.9 Å². The summed E-state index contributed by atoms with van der Waals surface area (Å²) in [4.78, 5) is 11.3. The quantitative estimate of drug-likeness (QED) is 0.741. The molecule has 13 heavy (non-hydrogen) atoms. The van der Waals surface area contributed by atoms with E-state index in [-0.39, 0.29) is 15.7 Å². The Balaban J connectivity index is 3.39. The highest BCUT2D eigenvalue weighted by molar-refractivity contribution is 7.91. The van der Waals surface area contributed by atoms with Gasteiger partial charge in [0.1, 0.15) is 0 Å². The van der Waals surface area contributed by atoms with Gasteiger partial charge in [0.2, 0.25) is 0 Å². The molecule has 0 aliphatic heterocycles. The molecule has 0 atom stereocenters. The monoisotopic (exact) mass is 238 g/mol. The first kappa shape index (κ1) is 10.7. The van der Waals surface area contributed by atoms with Crippen LogP contribution in [0.5, 0.6) is 0 Å². The Morgan fingerprint density at radius 3 is 2.31 bits per heavy atom. The van der Waals surface area contributed by atoms with E-state index in [2.05, 4.69) is 0 Å². The van der Waals surface area contributed by atoms with Gasteiger partial charge >= 0.3 is 0 Å². The zero-order valence-corrected chi connectivity index (χ0v) is 9.39. The van der Waals surface area contributed by atoms with Crippen molar-refractivity contribution in [2.45, 2.75) is 11.8 Å². The first-order valence-electron chi connectivity index (χ1n) is 3.32. The maximum atomic E-state index is 11.1. The first-order valence-corrected chi connectivity index (χ1v) is 6.47. The van der Waals surface area contributed by atoms with Gasteiger partial charge in [0.25, 0.3) is 0 Å². The fraction of sp³-hybridized carbons (Fsp3) is 0.286. The number of Topliss-reactive ketones (excluding diaryl/α,β-unsaturated/α-hetero) is 1. The fourth-order valence-corrected chi connectivity index (χ4v) is 3.68. The van der Waals surface area contributed by atoms with Crippen LogP contribution in [0.4, 0.5) is 0 Å². The average molecular weight is 239 g/mol. The Labute approximate surface area is 85.3 Å². The highest BCUT2D eigenvalue weighted by atomic mass is 35.5. The second kappa shape index (κ2) is 3.40. The predicted molar refractivity (Wildman–Crippen MR) is 52.4 cm³/mol. The van der Waals surface area contributed by atoms with Gasteiger partial charge in [-0.25, -0.2) is 8.42 Å². The number of hydrogen-bond acceptors (Lipinski definition) is 4. The van der Waals surface area contributed by atoms with Crippen molar-refractivity contribution < 1.29 is 13.2 Å². The van der Waals surface area contributed by atoms with Crippen LogP contribution in [0.1, 0.15) is 16.6 Å². The third kappa shape index (κ3) is 2.10. The van der Waals surface area contributed by atoms with Crippen molar-refractivity contribution in [3.8, 4) is 0 Å². The molecule has 0 fully saturated rings. The molecule has 0 saturated carbocycles. The normalized spacial score (nSPS) is 11.6. The van der Waals surface area contributed by atoms with Crippen LogP contribution in [0.25, 0.3) is 0 Å². The lowest BCUT2D eigenvalue weighted by Crippen LogP contribution is -1.96. The van der Waals surface area contributed by atoms with Gasteiger partial charge in [-0.1, -0.05) is 11.6 Å². The Kier molecular flexibility index (Phi) is 2.79. The average Bonchev–Trinajstić information content (AvgIpc) is 2.28. The molecule has 0 unspecified atom stereocenters. The molecule has 0 amide bonds. The van der Waals surface area contributed by atoms with E-state index in [1.165, 1.54) is 12.3 Å². The van der Waals surface area contributed by atoms with Gasteiger partial charge < -0.3 is 0 Å². The largest absolute Gasteiger partial charge is 0.294 e. The maximum Gasteiger partial charge on any atom is 0.177 e. The third-order valence-corrected chi connectivity index (χ3v) is 4.39. The molecule has 0 aromatic carbocycles. The Bertz CT molecular complexity index is 444. The summed E-state index contributed by atoms with van der Waals surface area (Å²) >= 11 is 6.76. The maximum absolute atomic E-state index is 11.1. The van der Waals surface area contributed by atoms with E-state index in [9.17, 15) is 13.2 Å². The summed E-state index contributed by atoms with van der Waals surface area (Å²) in [6.07, 6.45) is 1.06. The molecule has 6 heteroatoms. The summed E-state index contributed by atoms with van der Waals surface area (Å²) in [7, 11) is -3.32. The molecule has 1 aromatic heterocycles. The van der Waals surface area contributed by atoms with Crippen molar-refractivity contribution in [1.82, 2.24) is 0 Å². The van der Waals surface area contributed by atoms with Crippen molar-refractivity contribution in [2.75, 3.05) is 6.26 Å². The van der Waals surface area contributed by atoms with E-state index in [0.717, 1.165) is 17.6 Å². The molecule has 1 heterocycles. The molecule has 0 N–H and O–H groups in total. The van der Waals surface area contributed by atoms with E-state index >= 15 is 0 Å². The lowest BCUT2D eigenvalue weighted by atomic mass is 10.3. The van der Waals surface area contributed by atoms with Gasteiger partial charge in [-0.2, -0.15) is 0 Å². The number of thiophene rings is 1. The van der Waals surface area contributed by atoms with Crippen LogP contribution < -0.4 is 0 Å². The number of carbonyl (C=O) groups is 1. The lowest BCUT2D eigenvalue weighted by molar-refractivity contribution is 0.102. The van der Waals surface area contributed by atoms with Crippen molar-refractivity contribution in [3.05, 3.63) is 15.3 Å². The van der Waals surface area contributed by atoms with E-state index in [1.54, 1.807) is 0 Å². The molecular formula is C7H7ClO3S2. The van der Waals surface area contributed by atoms with Crippen LogP contribution in [0.2, 0.25) is 5.02 Å².